The van der Waals surface area contributed by atoms with E-state index in [-0.39, 0.29) is 11.9 Å². The number of amides is 1. The maximum atomic E-state index is 12.7. The summed E-state index contributed by atoms with van der Waals surface area (Å²) in [5.74, 6) is -1.89. The van der Waals surface area contributed by atoms with Gasteiger partial charge in [0, 0.05) is 44.0 Å². The lowest BCUT2D eigenvalue weighted by atomic mass is 10.1. The zero-order chi connectivity index (χ0) is 26.7. The van der Waals surface area contributed by atoms with Gasteiger partial charge in [0.1, 0.15) is 11.5 Å². The molecule has 0 spiro atoms. The summed E-state index contributed by atoms with van der Waals surface area (Å²) in [7, 11) is 3.37. The van der Waals surface area contributed by atoms with Crippen molar-refractivity contribution in [2.45, 2.75) is 32.9 Å². The van der Waals surface area contributed by atoms with Gasteiger partial charge in [0.25, 0.3) is 0 Å². The first-order chi connectivity index (χ1) is 17.2. The van der Waals surface area contributed by atoms with Crippen LogP contribution in [0.15, 0.2) is 42.5 Å². The smallest absolute Gasteiger partial charge is 0.414 e. The van der Waals surface area contributed by atoms with Crippen LogP contribution in [0.5, 0.6) is 11.5 Å². The SMILES string of the molecule is CCc1ccc(NC(=O)C(C)N2CCN(Cc3cc(OC)ccc3OC)CC2)cc1.O=C(O)C(=O)O. The number of rotatable bonds is 8. The molecule has 36 heavy (non-hydrogen) atoms. The summed E-state index contributed by atoms with van der Waals surface area (Å²) in [6, 6.07) is 13.8. The highest BCUT2D eigenvalue weighted by molar-refractivity contribution is 6.27. The van der Waals surface area contributed by atoms with Gasteiger partial charge in [-0.3, -0.25) is 14.6 Å². The molecule has 1 aliphatic rings. The Bertz CT molecular complexity index is 1010. The number of carboxylic acids is 2. The van der Waals surface area contributed by atoms with Crippen molar-refractivity contribution in [1.82, 2.24) is 9.80 Å². The highest BCUT2D eigenvalue weighted by Gasteiger charge is 2.26. The van der Waals surface area contributed by atoms with Crippen LogP contribution in [0.25, 0.3) is 0 Å². The number of carboxylic acid groups (broad SMARTS) is 2. The highest BCUT2D eigenvalue weighted by atomic mass is 16.5. The Balaban J connectivity index is 0.000000678. The molecule has 1 fully saturated rings. The van der Waals surface area contributed by atoms with Crippen molar-refractivity contribution >= 4 is 23.5 Å². The third kappa shape index (κ3) is 8.54. The normalized spacial score (nSPS) is 14.7. The molecule has 0 bridgehead atoms. The van der Waals surface area contributed by atoms with E-state index in [0.29, 0.717) is 0 Å². The third-order valence-corrected chi connectivity index (χ3v) is 6.03. The molecule has 1 amide bonds. The quantitative estimate of drug-likeness (QED) is 0.468. The largest absolute Gasteiger partial charge is 0.497 e. The number of carbonyl (C=O) groups excluding carboxylic acids is 1. The molecule has 0 aliphatic carbocycles. The number of anilines is 1. The zero-order valence-corrected chi connectivity index (χ0v) is 21.2. The fraction of sp³-hybridized carbons (Fsp3) is 0.423. The molecule has 2 aromatic rings. The summed E-state index contributed by atoms with van der Waals surface area (Å²) in [5, 5.41) is 17.8. The Kier molecular flexibility index (Phi) is 11.2. The van der Waals surface area contributed by atoms with Gasteiger partial charge in [0.15, 0.2) is 0 Å². The Hall–Kier alpha value is -3.63. The molecule has 0 saturated carbocycles. The number of carbonyl (C=O) groups is 3. The van der Waals surface area contributed by atoms with E-state index >= 15 is 0 Å². The van der Waals surface area contributed by atoms with Gasteiger partial charge in [-0.2, -0.15) is 0 Å². The molecule has 0 aromatic heterocycles. The second-order valence-electron chi connectivity index (χ2n) is 8.32. The van der Waals surface area contributed by atoms with E-state index in [9.17, 15) is 4.79 Å². The van der Waals surface area contributed by atoms with Crippen LogP contribution in [0.4, 0.5) is 5.69 Å². The number of nitrogens with zero attached hydrogens (tertiary/aromatic N) is 2. The van der Waals surface area contributed by atoms with E-state index in [1.54, 1.807) is 14.2 Å². The van der Waals surface area contributed by atoms with E-state index in [1.807, 2.05) is 37.3 Å². The van der Waals surface area contributed by atoms with Crippen LogP contribution in [0.1, 0.15) is 25.0 Å². The second-order valence-corrected chi connectivity index (χ2v) is 8.32. The fourth-order valence-electron chi connectivity index (χ4n) is 3.79. The molecule has 3 N–H and O–H groups in total. The Morgan fingerprint density at radius 3 is 2.06 bits per heavy atom. The van der Waals surface area contributed by atoms with Crippen LogP contribution < -0.4 is 14.8 Å². The van der Waals surface area contributed by atoms with Gasteiger partial charge in [0.2, 0.25) is 5.91 Å². The molecular formula is C26H35N3O7. The van der Waals surface area contributed by atoms with Crippen molar-refractivity contribution in [3.8, 4) is 11.5 Å². The molecule has 1 aliphatic heterocycles. The summed E-state index contributed by atoms with van der Waals surface area (Å²) in [6.07, 6.45) is 0.997. The number of methoxy groups -OCH3 is 2. The summed E-state index contributed by atoms with van der Waals surface area (Å²) in [5.41, 5.74) is 3.24. The molecule has 1 heterocycles. The zero-order valence-electron chi connectivity index (χ0n) is 21.2. The Morgan fingerprint density at radius 1 is 0.944 bits per heavy atom. The Labute approximate surface area is 211 Å². The van der Waals surface area contributed by atoms with Gasteiger partial charge in [-0.1, -0.05) is 19.1 Å². The number of aryl methyl sites for hydroxylation is 1. The number of piperazine rings is 1. The maximum Gasteiger partial charge on any atom is 0.414 e. The molecule has 1 unspecified atom stereocenters. The average Bonchev–Trinajstić information content (AvgIpc) is 2.89. The van der Waals surface area contributed by atoms with Crippen LogP contribution in [0.3, 0.4) is 0 Å². The molecule has 2 aromatic carbocycles. The third-order valence-electron chi connectivity index (χ3n) is 6.03. The first kappa shape index (κ1) is 28.6. The van der Waals surface area contributed by atoms with Crippen LogP contribution in [-0.2, 0) is 27.3 Å². The van der Waals surface area contributed by atoms with Gasteiger partial charge < -0.3 is 25.0 Å². The number of hydrogen-bond donors (Lipinski definition) is 3. The van der Waals surface area contributed by atoms with E-state index in [4.69, 9.17) is 29.3 Å². The predicted molar refractivity (Wildman–Crippen MR) is 136 cm³/mol. The average molecular weight is 502 g/mol. The standard InChI is InChI=1S/C24H33N3O3.C2H2O4/c1-5-19-6-8-21(9-7-19)25-24(28)18(2)27-14-12-26(13-15-27)17-20-16-22(29-3)10-11-23(20)30-4;3-1(4)2(5)6/h6-11,16,18H,5,12-15,17H2,1-4H3,(H,25,28);(H,3,4)(H,5,6). The molecule has 10 heteroatoms. The van der Waals surface area contributed by atoms with Crippen LogP contribution in [0.2, 0.25) is 0 Å². The first-order valence-corrected chi connectivity index (χ1v) is 11.7. The fourth-order valence-corrected chi connectivity index (χ4v) is 3.79. The second kappa shape index (κ2) is 14.1. The summed E-state index contributed by atoms with van der Waals surface area (Å²) in [6.45, 7) is 8.44. The minimum Gasteiger partial charge on any atom is -0.497 e. The van der Waals surface area contributed by atoms with E-state index in [2.05, 4.69) is 34.2 Å². The van der Waals surface area contributed by atoms with Crippen LogP contribution >= 0.6 is 0 Å². The minimum atomic E-state index is -1.82. The molecule has 1 saturated heterocycles. The van der Waals surface area contributed by atoms with Crippen molar-refractivity contribution in [3.05, 3.63) is 53.6 Å². The number of ether oxygens (including phenoxy) is 2. The molecule has 1 atom stereocenters. The van der Waals surface area contributed by atoms with Crippen molar-refractivity contribution in [2.75, 3.05) is 45.7 Å². The van der Waals surface area contributed by atoms with Gasteiger partial charge in [-0.05, 0) is 49.2 Å². The van der Waals surface area contributed by atoms with Gasteiger partial charge in [0.05, 0.1) is 20.3 Å². The van der Waals surface area contributed by atoms with Crippen LogP contribution in [0, 0.1) is 0 Å². The summed E-state index contributed by atoms with van der Waals surface area (Å²) in [4.78, 5) is 35.5. The van der Waals surface area contributed by atoms with Gasteiger partial charge in [-0.25, -0.2) is 9.59 Å². The topological polar surface area (TPSA) is 129 Å². The maximum absolute atomic E-state index is 12.7. The number of hydrogen-bond acceptors (Lipinski definition) is 7. The number of aliphatic carboxylic acids is 2. The lowest BCUT2D eigenvalue weighted by Gasteiger charge is -2.37. The molecule has 10 nitrogen and oxygen atoms in total. The van der Waals surface area contributed by atoms with Crippen molar-refractivity contribution < 1.29 is 34.1 Å². The van der Waals surface area contributed by atoms with Crippen molar-refractivity contribution in [3.63, 3.8) is 0 Å². The summed E-state index contributed by atoms with van der Waals surface area (Å²) < 4.78 is 10.9. The molecular weight excluding hydrogens is 466 g/mol. The number of nitrogens with one attached hydrogen (secondary N) is 1. The van der Waals surface area contributed by atoms with Crippen molar-refractivity contribution in [1.29, 1.82) is 0 Å². The first-order valence-electron chi connectivity index (χ1n) is 11.7. The molecule has 0 radical (unpaired) electrons. The molecule has 196 valence electrons. The number of benzene rings is 2. The lowest BCUT2D eigenvalue weighted by molar-refractivity contribution is -0.159. The van der Waals surface area contributed by atoms with Crippen LogP contribution in [-0.4, -0.2) is 84.3 Å². The molecule has 3 rings (SSSR count). The van der Waals surface area contributed by atoms with Gasteiger partial charge >= 0.3 is 11.9 Å². The Morgan fingerprint density at radius 2 is 1.56 bits per heavy atom. The van der Waals surface area contributed by atoms with E-state index in [1.165, 1.54) is 5.56 Å². The van der Waals surface area contributed by atoms with Gasteiger partial charge in [-0.15, -0.1) is 0 Å². The van der Waals surface area contributed by atoms with E-state index in [0.717, 1.165) is 61.9 Å². The van der Waals surface area contributed by atoms with Crippen molar-refractivity contribution in [2.24, 2.45) is 0 Å². The highest BCUT2D eigenvalue weighted by Crippen LogP contribution is 2.26. The predicted octanol–water partition coefficient (Wildman–Crippen LogP) is 2.57. The lowest BCUT2D eigenvalue weighted by Crippen LogP contribution is -2.52. The van der Waals surface area contributed by atoms with E-state index < -0.39 is 11.9 Å². The monoisotopic (exact) mass is 501 g/mol. The summed E-state index contributed by atoms with van der Waals surface area (Å²) >= 11 is 0. The minimum absolute atomic E-state index is 0.0437.